The zero-order valence-corrected chi connectivity index (χ0v) is 10.8. The lowest BCUT2D eigenvalue weighted by molar-refractivity contribution is 0.0240. The maximum Gasteiger partial charge on any atom is 0.123 e. The number of aromatic nitrogens is 2. The minimum absolute atomic E-state index is 0.0132. The fraction of sp³-hybridized carbons (Fsp3) is 0.357. The smallest absolute Gasteiger partial charge is 0.123 e. The summed E-state index contributed by atoms with van der Waals surface area (Å²) in [7, 11) is 0. The van der Waals surface area contributed by atoms with E-state index in [2.05, 4.69) is 10.3 Å². The Morgan fingerprint density at radius 3 is 3.11 bits per heavy atom. The van der Waals surface area contributed by atoms with Crippen molar-refractivity contribution in [2.75, 3.05) is 19.7 Å². The second-order valence-corrected chi connectivity index (χ2v) is 4.68. The molecule has 1 aromatic heterocycles. The summed E-state index contributed by atoms with van der Waals surface area (Å²) in [6, 6.07) is 4.76. The number of imidazole rings is 1. The first-order valence-corrected chi connectivity index (χ1v) is 6.37. The number of halogens is 1. The highest BCUT2D eigenvalue weighted by molar-refractivity contribution is 5.42. The molecule has 0 amide bonds. The molecule has 0 spiro atoms. The van der Waals surface area contributed by atoms with E-state index in [0.717, 1.165) is 30.0 Å². The van der Waals surface area contributed by atoms with Crippen molar-refractivity contribution in [2.45, 2.75) is 13.0 Å². The summed E-state index contributed by atoms with van der Waals surface area (Å²) < 4.78 is 20.9. The second-order valence-electron chi connectivity index (χ2n) is 4.68. The first-order valence-electron chi connectivity index (χ1n) is 6.37. The first kappa shape index (κ1) is 12.3. The largest absolute Gasteiger partial charge is 0.369 e. The van der Waals surface area contributed by atoms with Gasteiger partial charge in [0.05, 0.1) is 24.8 Å². The normalized spacial score (nSPS) is 19.6. The van der Waals surface area contributed by atoms with E-state index in [1.165, 1.54) is 12.1 Å². The van der Waals surface area contributed by atoms with Gasteiger partial charge in [-0.1, -0.05) is 0 Å². The standard InChI is InChI=1S/C14H16FN3O/c1-10-6-11(15)2-3-12(10)18-9-17-7-13(18)14-8-16-4-5-19-14/h2-3,6-7,9,14,16H,4-5,8H2,1H3. The average Bonchev–Trinajstić information content (AvgIpc) is 2.89. The molecule has 100 valence electrons. The molecule has 4 nitrogen and oxygen atoms in total. The number of morpholine rings is 1. The van der Waals surface area contributed by atoms with Crippen molar-refractivity contribution in [1.29, 1.82) is 0 Å². The molecule has 5 heteroatoms. The van der Waals surface area contributed by atoms with Crippen LogP contribution >= 0.6 is 0 Å². The molecular weight excluding hydrogens is 245 g/mol. The lowest BCUT2D eigenvalue weighted by Gasteiger charge is -2.24. The highest BCUT2D eigenvalue weighted by Crippen LogP contribution is 2.24. The number of rotatable bonds is 2. The molecule has 0 bridgehead atoms. The molecule has 1 fully saturated rings. The van der Waals surface area contributed by atoms with Crippen LogP contribution in [-0.4, -0.2) is 29.2 Å². The van der Waals surface area contributed by atoms with Crippen molar-refractivity contribution in [3.8, 4) is 5.69 Å². The molecular formula is C14H16FN3O. The van der Waals surface area contributed by atoms with E-state index in [9.17, 15) is 4.39 Å². The van der Waals surface area contributed by atoms with Crippen molar-refractivity contribution in [2.24, 2.45) is 0 Å². The van der Waals surface area contributed by atoms with Crippen LogP contribution in [0.3, 0.4) is 0 Å². The summed E-state index contributed by atoms with van der Waals surface area (Å²) in [6.45, 7) is 4.23. The van der Waals surface area contributed by atoms with Crippen molar-refractivity contribution in [3.05, 3.63) is 47.8 Å². The van der Waals surface area contributed by atoms with Crippen LogP contribution in [0, 0.1) is 12.7 Å². The Morgan fingerprint density at radius 1 is 1.47 bits per heavy atom. The van der Waals surface area contributed by atoms with Crippen LogP contribution in [0.15, 0.2) is 30.7 Å². The molecule has 1 aliphatic heterocycles. The van der Waals surface area contributed by atoms with Gasteiger partial charge >= 0.3 is 0 Å². The van der Waals surface area contributed by atoms with E-state index >= 15 is 0 Å². The van der Waals surface area contributed by atoms with Gasteiger partial charge in [-0.3, -0.25) is 0 Å². The zero-order chi connectivity index (χ0) is 13.2. The predicted molar refractivity (Wildman–Crippen MR) is 69.8 cm³/mol. The van der Waals surface area contributed by atoms with Crippen LogP contribution in [0.1, 0.15) is 17.4 Å². The number of benzene rings is 1. The summed E-state index contributed by atoms with van der Waals surface area (Å²) in [5.74, 6) is -0.224. The van der Waals surface area contributed by atoms with Crippen LogP contribution in [0.2, 0.25) is 0 Å². The maximum absolute atomic E-state index is 13.2. The van der Waals surface area contributed by atoms with E-state index in [-0.39, 0.29) is 11.9 Å². The quantitative estimate of drug-likeness (QED) is 0.898. The Labute approximate surface area is 111 Å². The monoisotopic (exact) mass is 261 g/mol. The lowest BCUT2D eigenvalue weighted by Crippen LogP contribution is -2.34. The second kappa shape index (κ2) is 5.11. The van der Waals surface area contributed by atoms with Gasteiger partial charge in [0.25, 0.3) is 0 Å². The predicted octanol–water partition coefficient (Wildman–Crippen LogP) is 1.98. The molecule has 0 saturated carbocycles. The van der Waals surface area contributed by atoms with Crippen molar-refractivity contribution < 1.29 is 9.13 Å². The summed E-state index contributed by atoms with van der Waals surface area (Å²) in [4.78, 5) is 4.20. The Balaban J connectivity index is 1.99. The summed E-state index contributed by atoms with van der Waals surface area (Å²) in [5, 5.41) is 3.30. The fourth-order valence-electron chi connectivity index (χ4n) is 2.39. The molecule has 1 atom stereocenters. The molecule has 0 radical (unpaired) electrons. The molecule has 1 saturated heterocycles. The van der Waals surface area contributed by atoms with Gasteiger partial charge in [0, 0.05) is 18.8 Å². The molecule has 0 aliphatic carbocycles. The third kappa shape index (κ3) is 2.39. The van der Waals surface area contributed by atoms with Gasteiger partial charge in [0.2, 0.25) is 0 Å². The van der Waals surface area contributed by atoms with Crippen LogP contribution in [0.25, 0.3) is 5.69 Å². The van der Waals surface area contributed by atoms with Gasteiger partial charge in [-0.2, -0.15) is 0 Å². The Hall–Kier alpha value is -1.72. The summed E-state index contributed by atoms with van der Waals surface area (Å²) >= 11 is 0. The van der Waals surface area contributed by atoms with E-state index in [4.69, 9.17) is 4.74 Å². The number of nitrogens with one attached hydrogen (secondary N) is 1. The van der Waals surface area contributed by atoms with Crippen molar-refractivity contribution in [1.82, 2.24) is 14.9 Å². The number of aryl methyl sites for hydroxylation is 1. The van der Waals surface area contributed by atoms with Crippen LogP contribution < -0.4 is 5.32 Å². The molecule has 1 N–H and O–H groups in total. The molecule has 19 heavy (non-hydrogen) atoms. The van der Waals surface area contributed by atoms with Crippen molar-refractivity contribution in [3.63, 3.8) is 0 Å². The molecule has 2 heterocycles. The van der Waals surface area contributed by atoms with E-state index < -0.39 is 0 Å². The number of hydrogen-bond acceptors (Lipinski definition) is 3. The van der Waals surface area contributed by atoms with Gasteiger partial charge < -0.3 is 14.6 Å². The van der Waals surface area contributed by atoms with E-state index in [1.807, 2.05) is 11.5 Å². The van der Waals surface area contributed by atoms with E-state index in [0.29, 0.717) is 6.61 Å². The van der Waals surface area contributed by atoms with Gasteiger partial charge in [0.1, 0.15) is 11.9 Å². The lowest BCUT2D eigenvalue weighted by atomic mass is 10.1. The molecule has 1 aliphatic rings. The maximum atomic E-state index is 13.2. The van der Waals surface area contributed by atoms with Gasteiger partial charge in [-0.05, 0) is 30.7 Å². The Morgan fingerprint density at radius 2 is 2.37 bits per heavy atom. The number of hydrogen-bond donors (Lipinski definition) is 1. The van der Waals surface area contributed by atoms with Crippen LogP contribution in [0.4, 0.5) is 4.39 Å². The average molecular weight is 261 g/mol. The molecule has 3 rings (SSSR count). The highest BCUT2D eigenvalue weighted by Gasteiger charge is 2.20. The first-order chi connectivity index (χ1) is 9.25. The van der Waals surface area contributed by atoms with Gasteiger partial charge in [-0.25, -0.2) is 9.37 Å². The topological polar surface area (TPSA) is 39.1 Å². The van der Waals surface area contributed by atoms with Crippen molar-refractivity contribution >= 4 is 0 Å². The minimum atomic E-state index is -0.224. The summed E-state index contributed by atoms with van der Waals surface area (Å²) in [5.41, 5.74) is 2.80. The third-order valence-electron chi connectivity index (χ3n) is 3.34. The number of ether oxygens (including phenoxy) is 1. The van der Waals surface area contributed by atoms with Crippen LogP contribution in [0.5, 0.6) is 0 Å². The Bertz CT molecular complexity index is 576. The molecule has 1 unspecified atom stereocenters. The molecule has 2 aromatic rings. The Kier molecular flexibility index (Phi) is 3.31. The number of nitrogens with zero attached hydrogens (tertiary/aromatic N) is 2. The zero-order valence-electron chi connectivity index (χ0n) is 10.8. The van der Waals surface area contributed by atoms with Gasteiger partial charge in [-0.15, -0.1) is 0 Å². The highest BCUT2D eigenvalue weighted by atomic mass is 19.1. The molecule has 1 aromatic carbocycles. The summed E-state index contributed by atoms with van der Waals surface area (Å²) in [6.07, 6.45) is 3.54. The van der Waals surface area contributed by atoms with E-state index in [1.54, 1.807) is 18.6 Å². The minimum Gasteiger partial charge on any atom is -0.369 e. The SMILES string of the molecule is Cc1cc(F)ccc1-n1cncc1C1CNCCO1. The van der Waals surface area contributed by atoms with Gasteiger partial charge in [0.15, 0.2) is 0 Å². The fourth-order valence-corrected chi connectivity index (χ4v) is 2.39. The third-order valence-corrected chi connectivity index (χ3v) is 3.34. The van der Waals surface area contributed by atoms with Crippen LogP contribution in [-0.2, 0) is 4.74 Å².